The number of rotatable bonds is 6. The van der Waals surface area contributed by atoms with Crippen LogP contribution in [-0.4, -0.2) is 46.6 Å². The number of nitrogens with one attached hydrogen (secondary N) is 1. The molecule has 30 heavy (non-hydrogen) atoms. The first-order valence-electron chi connectivity index (χ1n) is 11.6. The van der Waals surface area contributed by atoms with E-state index in [1.54, 1.807) is 0 Å². The summed E-state index contributed by atoms with van der Waals surface area (Å²) < 4.78 is 13.0. The van der Waals surface area contributed by atoms with Crippen LogP contribution in [0.25, 0.3) is 0 Å². The molecule has 1 heterocycles. The lowest BCUT2D eigenvalue weighted by Crippen LogP contribution is -2.68. The van der Waals surface area contributed by atoms with Crippen molar-refractivity contribution in [2.45, 2.75) is 122 Å². The molecule has 1 N–H and O–H groups in total. The molecule has 2 aliphatic rings. The molecule has 1 saturated heterocycles. The van der Waals surface area contributed by atoms with Gasteiger partial charge in [0.15, 0.2) is 22.4 Å². The van der Waals surface area contributed by atoms with Crippen LogP contribution in [0.4, 0.5) is 0 Å². The summed E-state index contributed by atoms with van der Waals surface area (Å²) in [6, 6.07) is -0.129. The first-order valence-corrected chi connectivity index (χ1v) is 17.4. The Morgan fingerprint density at radius 3 is 1.93 bits per heavy atom. The van der Waals surface area contributed by atoms with Crippen LogP contribution in [0.15, 0.2) is 0 Å². The summed E-state index contributed by atoms with van der Waals surface area (Å²) in [4.78, 5) is 25.9. The molecule has 5 atom stereocenters. The number of hydrogen-bond donors (Lipinski definition) is 1. The van der Waals surface area contributed by atoms with Gasteiger partial charge in [-0.1, -0.05) is 41.5 Å². The average molecular weight is 456 g/mol. The number of amides is 1. The van der Waals surface area contributed by atoms with Crippen LogP contribution in [0.3, 0.4) is 0 Å². The van der Waals surface area contributed by atoms with E-state index in [2.05, 4.69) is 73.0 Å². The zero-order chi connectivity index (χ0) is 23.3. The third-order valence-corrected chi connectivity index (χ3v) is 17.2. The summed E-state index contributed by atoms with van der Waals surface area (Å²) in [7, 11) is -4.01. The third kappa shape index (κ3) is 5.10. The van der Waals surface area contributed by atoms with E-state index in [4.69, 9.17) is 8.85 Å². The van der Waals surface area contributed by atoms with E-state index in [9.17, 15) is 9.59 Å². The molecule has 1 aliphatic carbocycles. The molecule has 2 rings (SSSR count). The minimum absolute atomic E-state index is 0.0199. The molecular weight excluding hydrogens is 410 g/mol. The van der Waals surface area contributed by atoms with Gasteiger partial charge in [-0.05, 0) is 62.5 Å². The quantitative estimate of drug-likeness (QED) is 0.438. The van der Waals surface area contributed by atoms with Crippen molar-refractivity contribution >= 4 is 28.3 Å². The number of β-lactam (4-membered cyclic amide) rings is 1. The fourth-order valence-corrected chi connectivity index (χ4v) is 6.77. The van der Waals surface area contributed by atoms with Crippen molar-refractivity contribution in [1.29, 1.82) is 0 Å². The lowest BCUT2D eigenvalue weighted by atomic mass is 9.71. The Hall–Kier alpha value is -0.506. The highest BCUT2D eigenvalue weighted by Gasteiger charge is 2.53. The molecule has 2 fully saturated rings. The van der Waals surface area contributed by atoms with Crippen LogP contribution in [0.2, 0.25) is 36.3 Å². The molecule has 1 amide bonds. The summed E-state index contributed by atoms with van der Waals surface area (Å²) in [5.74, 6) is -0.214. The number of ketones is 1. The summed E-state index contributed by atoms with van der Waals surface area (Å²) in [6.07, 6.45) is 2.07. The molecule has 174 valence electrons. The maximum Gasteiger partial charge on any atom is 0.228 e. The van der Waals surface area contributed by atoms with Gasteiger partial charge < -0.3 is 14.2 Å². The van der Waals surface area contributed by atoms with Crippen LogP contribution in [-0.2, 0) is 18.4 Å². The fraction of sp³-hybridized carbons (Fsp3) is 0.913. The molecular formula is C23H45NO4Si2. The van der Waals surface area contributed by atoms with E-state index < -0.39 is 16.6 Å². The van der Waals surface area contributed by atoms with E-state index in [1.807, 2.05) is 6.92 Å². The van der Waals surface area contributed by atoms with Crippen molar-refractivity contribution < 1.29 is 18.4 Å². The van der Waals surface area contributed by atoms with Crippen LogP contribution in [0, 0.1) is 11.8 Å². The van der Waals surface area contributed by atoms with Gasteiger partial charge in [0.25, 0.3) is 0 Å². The van der Waals surface area contributed by atoms with E-state index in [0.717, 1.165) is 19.3 Å². The van der Waals surface area contributed by atoms with Gasteiger partial charge in [0.05, 0.1) is 18.1 Å². The lowest BCUT2D eigenvalue weighted by molar-refractivity contribution is -0.148. The van der Waals surface area contributed by atoms with Crippen molar-refractivity contribution in [3.8, 4) is 0 Å². The SMILES string of the molecule is C[C@@H](O[Si](C)(C)C(C)(C)C)[C@H]1C(=O)N[C@@H]1[C@@H]1CCC[C@H](O[Si](C)(C)C(C)(C)C)C1=O. The highest BCUT2D eigenvalue weighted by atomic mass is 28.4. The van der Waals surface area contributed by atoms with E-state index in [-0.39, 0.29) is 51.9 Å². The maximum absolute atomic E-state index is 13.4. The topological polar surface area (TPSA) is 64.6 Å². The average Bonchev–Trinajstić information content (AvgIpc) is 2.51. The monoisotopic (exact) mass is 455 g/mol. The predicted octanol–water partition coefficient (Wildman–Crippen LogP) is 5.27. The zero-order valence-electron chi connectivity index (χ0n) is 21.1. The standard InChI is InChI=1S/C23H45NO4Si2/c1-15(27-29(8,9)22(2,3)4)18-19(24-21(18)26)16-13-12-14-17(20(16)25)28-30(10,11)23(5,6)7/h15-19H,12-14H2,1-11H3,(H,24,26)/t15-,16+,17+,18-,19-/m1/s1. The molecule has 0 unspecified atom stereocenters. The number of carbonyl (C=O) groups is 2. The molecule has 0 bridgehead atoms. The van der Waals surface area contributed by atoms with Crippen molar-refractivity contribution in [2.24, 2.45) is 11.8 Å². The van der Waals surface area contributed by atoms with Gasteiger partial charge in [0.2, 0.25) is 5.91 Å². The fourth-order valence-electron chi connectivity index (χ4n) is 4.04. The van der Waals surface area contributed by atoms with Crippen LogP contribution in [0.1, 0.15) is 67.7 Å². The number of Topliss-reactive ketones (excluding diaryl/α,β-unsaturated/α-hetero) is 1. The molecule has 7 heteroatoms. The van der Waals surface area contributed by atoms with Crippen molar-refractivity contribution in [2.75, 3.05) is 0 Å². The van der Waals surface area contributed by atoms with Crippen LogP contribution >= 0.6 is 0 Å². The van der Waals surface area contributed by atoms with Gasteiger partial charge in [-0.3, -0.25) is 9.59 Å². The summed E-state index contributed by atoms with van der Waals surface area (Å²) in [6.45, 7) is 24.1. The largest absolute Gasteiger partial charge is 0.413 e. The minimum atomic E-state index is -2.02. The normalized spacial score (nSPS) is 30.0. The third-order valence-electron chi connectivity index (χ3n) is 8.13. The van der Waals surface area contributed by atoms with E-state index >= 15 is 0 Å². The Labute approximate surface area is 186 Å². The molecule has 0 aromatic carbocycles. The molecule has 0 spiro atoms. The highest BCUT2D eigenvalue weighted by molar-refractivity contribution is 6.74. The molecule has 0 radical (unpaired) electrons. The Bertz CT molecular complexity index is 663. The van der Waals surface area contributed by atoms with E-state index in [1.165, 1.54) is 0 Å². The summed E-state index contributed by atoms with van der Waals surface area (Å²) in [5, 5.41) is 3.19. The van der Waals surface area contributed by atoms with Gasteiger partial charge in [0.1, 0.15) is 6.10 Å². The van der Waals surface area contributed by atoms with Crippen LogP contribution in [0.5, 0.6) is 0 Å². The van der Waals surface area contributed by atoms with Gasteiger partial charge in [-0.25, -0.2) is 0 Å². The maximum atomic E-state index is 13.4. The minimum Gasteiger partial charge on any atom is -0.413 e. The first kappa shape index (κ1) is 25.8. The Balaban J connectivity index is 2.13. The molecule has 0 aromatic heterocycles. The lowest BCUT2D eigenvalue weighted by Gasteiger charge is -2.49. The Morgan fingerprint density at radius 2 is 1.47 bits per heavy atom. The molecule has 0 aromatic rings. The van der Waals surface area contributed by atoms with Gasteiger partial charge >= 0.3 is 0 Å². The number of hydrogen-bond acceptors (Lipinski definition) is 4. The molecule has 1 aliphatic heterocycles. The number of carbonyl (C=O) groups excluding carboxylic acids is 2. The van der Waals surface area contributed by atoms with Gasteiger partial charge in [0, 0.05) is 5.92 Å². The van der Waals surface area contributed by atoms with Gasteiger partial charge in [-0.15, -0.1) is 0 Å². The molecule has 1 saturated carbocycles. The first-order chi connectivity index (χ1) is 13.4. The second kappa shape index (κ2) is 8.45. The molecule has 5 nitrogen and oxygen atoms in total. The Kier molecular flexibility index (Phi) is 7.25. The summed E-state index contributed by atoms with van der Waals surface area (Å²) >= 11 is 0. The van der Waals surface area contributed by atoms with Gasteiger partial charge in [-0.2, -0.15) is 0 Å². The zero-order valence-corrected chi connectivity index (χ0v) is 23.1. The van der Waals surface area contributed by atoms with Crippen molar-refractivity contribution in [3.05, 3.63) is 0 Å². The predicted molar refractivity (Wildman–Crippen MR) is 128 cm³/mol. The van der Waals surface area contributed by atoms with Crippen molar-refractivity contribution in [3.63, 3.8) is 0 Å². The Morgan fingerprint density at radius 1 is 0.933 bits per heavy atom. The highest BCUT2D eigenvalue weighted by Crippen LogP contribution is 2.42. The second-order valence-electron chi connectivity index (χ2n) is 12.5. The van der Waals surface area contributed by atoms with Crippen LogP contribution < -0.4 is 5.32 Å². The van der Waals surface area contributed by atoms with Crippen molar-refractivity contribution in [1.82, 2.24) is 5.32 Å². The summed E-state index contributed by atoms with van der Waals surface area (Å²) in [5.41, 5.74) is 0. The second-order valence-corrected chi connectivity index (χ2v) is 22.0. The smallest absolute Gasteiger partial charge is 0.228 e. The van der Waals surface area contributed by atoms with E-state index in [0.29, 0.717) is 0 Å².